The van der Waals surface area contributed by atoms with Crippen molar-refractivity contribution in [3.8, 4) is 0 Å². The molecule has 0 bridgehead atoms. The number of carbonyl (C=O) groups excluding carboxylic acids is 1. The van der Waals surface area contributed by atoms with Crippen LogP contribution in [0, 0.1) is 0 Å². The van der Waals surface area contributed by atoms with Gasteiger partial charge in [0.2, 0.25) is 5.91 Å². The zero-order valence-electron chi connectivity index (χ0n) is 15.3. The topological polar surface area (TPSA) is 34.9 Å². The molecule has 0 spiro atoms. The van der Waals surface area contributed by atoms with Crippen molar-refractivity contribution in [1.29, 1.82) is 0 Å². The van der Waals surface area contributed by atoms with Gasteiger partial charge >= 0.3 is 0 Å². The van der Waals surface area contributed by atoms with E-state index in [-0.39, 0.29) is 5.91 Å². The Morgan fingerprint density at radius 2 is 1.58 bits per heavy atom. The molecule has 3 heteroatoms. The zero-order chi connectivity index (χ0) is 17.3. The first-order chi connectivity index (χ1) is 11.8. The molecule has 0 aliphatic heterocycles. The second kappa shape index (κ2) is 14.9. The molecule has 0 fully saturated rings. The number of nitrogens with zero attached hydrogens (tertiary/aromatic N) is 2. The molecule has 1 rings (SSSR count). The molecule has 0 unspecified atom stereocenters. The molecule has 0 aliphatic carbocycles. The number of aromatic nitrogens is 2. The fourth-order valence-electron chi connectivity index (χ4n) is 2.62. The number of imidazole rings is 1. The standard InChI is InChI=1S/C21H34N2O/c1-2-3-4-5-6-7-8-9-10-11-12-13-14-15-16-17-21(24)23-19-18-22-20-23/h6-7,9-10,18-20H,2-5,8,11-17H2,1H3/b7-6-,10-9-. The van der Waals surface area contributed by atoms with E-state index >= 15 is 0 Å². The van der Waals surface area contributed by atoms with Crippen molar-refractivity contribution in [2.24, 2.45) is 0 Å². The minimum atomic E-state index is 0.151. The van der Waals surface area contributed by atoms with Crippen LogP contribution in [0.15, 0.2) is 43.0 Å². The van der Waals surface area contributed by atoms with Crippen LogP contribution in [0.5, 0.6) is 0 Å². The highest BCUT2D eigenvalue weighted by Gasteiger charge is 2.02. The molecule has 24 heavy (non-hydrogen) atoms. The van der Waals surface area contributed by atoms with Gasteiger partial charge in [0.15, 0.2) is 0 Å². The monoisotopic (exact) mass is 330 g/mol. The molecular weight excluding hydrogens is 296 g/mol. The fourth-order valence-corrected chi connectivity index (χ4v) is 2.62. The third kappa shape index (κ3) is 11.0. The molecule has 0 atom stereocenters. The summed E-state index contributed by atoms with van der Waals surface area (Å²) < 4.78 is 1.57. The molecule has 1 aromatic heterocycles. The number of carbonyl (C=O) groups is 1. The molecule has 0 aliphatic rings. The summed E-state index contributed by atoms with van der Waals surface area (Å²) >= 11 is 0. The lowest BCUT2D eigenvalue weighted by atomic mass is 10.1. The SMILES string of the molecule is CCCCC/C=C\C/C=C\CCCCCCCC(=O)n1ccnc1. The van der Waals surface area contributed by atoms with Crippen molar-refractivity contribution in [2.75, 3.05) is 0 Å². The third-order valence-electron chi connectivity index (χ3n) is 4.13. The van der Waals surface area contributed by atoms with Crippen LogP contribution in [-0.2, 0) is 0 Å². The minimum Gasteiger partial charge on any atom is -0.276 e. The van der Waals surface area contributed by atoms with Crippen molar-refractivity contribution in [3.63, 3.8) is 0 Å². The van der Waals surface area contributed by atoms with Crippen LogP contribution in [-0.4, -0.2) is 15.5 Å². The van der Waals surface area contributed by atoms with Crippen LogP contribution in [0.2, 0.25) is 0 Å². The number of hydrogen-bond acceptors (Lipinski definition) is 2. The lowest BCUT2D eigenvalue weighted by molar-refractivity contribution is 0.0898. The van der Waals surface area contributed by atoms with Crippen LogP contribution in [0.1, 0.15) is 88.8 Å². The second-order valence-electron chi connectivity index (χ2n) is 6.34. The maximum Gasteiger partial charge on any atom is 0.231 e. The maximum absolute atomic E-state index is 11.7. The first-order valence-corrected chi connectivity index (χ1v) is 9.65. The normalized spacial score (nSPS) is 11.7. The molecule has 1 aromatic rings. The Kier molecular flexibility index (Phi) is 12.7. The maximum atomic E-state index is 11.7. The Bertz CT molecular complexity index is 460. The molecular formula is C21H34N2O. The Labute approximate surface area is 147 Å². The summed E-state index contributed by atoms with van der Waals surface area (Å²) in [6, 6.07) is 0. The predicted octanol–water partition coefficient (Wildman–Crippen LogP) is 6.34. The molecule has 0 amide bonds. The highest BCUT2D eigenvalue weighted by Crippen LogP contribution is 2.09. The van der Waals surface area contributed by atoms with E-state index in [9.17, 15) is 4.79 Å². The predicted molar refractivity (Wildman–Crippen MR) is 102 cm³/mol. The third-order valence-corrected chi connectivity index (χ3v) is 4.13. The Morgan fingerprint density at radius 1 is 0.917 bits per heavy atom. The van der Waals surface area contributed by atoms with E-state index in [4.69, 9.17) is 0 Å². The number of allylic oxidation sites excluding steroid dienone is 4. The van der Waals surface area contributed by atoms with Gasteiger partial charge in [0.25, 0.3) is 0 Å². The average molecular weight is 331 g/mol. The summed E-state index contributed by atoms with van der Waals surface area (Å²) in [4.78, 5) is 15.6. The quantitative estimate of drug-likeness (QED) is 0.295. The highest BCUT2D eigenvalue weighted by atomic mass is 16.2. The van der Waals surface area contributed by atoms with Crippen LogP contribution in [0.25, 0.3) is 0 Å². The molecule has 1 heterocycles. The summed E-state index contributed by atoms with van der Waals surface area (Å²) in [6.07, 6.45) is 28.1. The fraction of sp³-hybridized carbons (Fsp3) is 0.619. The molecule has 0 radical (unpaired) electrons. The first-order valence-electron chi connectivity index (χ1n) is 9.65. The van der Waals surface area contributed by atoms with Crippen molar-refractivity contribution in [3.05, 3.63) is 43.0 Å². The van der Waals surface area contributed by atoms with Gasteiger partial charge in [-0.25, -0.2) is 4.98 Å². The van der Waals surface area contributed by atoms with Crippen LogP contribution < -0.4 is 0 Å². The van der Waals surface area contributed by atoms with E-state index < -0.39 is 0 Å². The second-order valence-corrected chi connectivity index (χ2v) is 6.34. The summed E-state index contributed by atoms with van der Waals surface area (Å²) in [5.41, 5.74) is 0. The summed E-state index contributed by atoms with van der Waals surface area (Å²) in [6.45, 7) is 2.24. The van der Waals surface area contributed by atoms with Gasteiger partial charge in [-0.1, -0.05) is 63.3 Å². The summed E-state index contributed by atoms with van der Waals surface area (Å²) in [5, 5.41) is 0. The largest absolute Gasteiger partial charge is 0.276 e. The minimum absolute atomic E-state index is 0.151. The highest BCUT2D eigenvalue weighted by molar-refractivity contribution is 5.78. The van der Waals surface area contributed by atoms with Gasteiger partial charge in [0.1, 0.15) is 6.33 Å². The Hall–Kier alpha value is -1.64. The smallest absolute Gasteiger partial charge is 0.231 e. The molecule has 0 N–H and O–H groups in total. The van der Waals surface area contributed by atoms with E-state index in [0.717, 1.165) is 19.3 Å². The number of unbranched alkanes of at least 4 members (excludes halogenated alkanes) is 8. The molecule has 0 saturated carbocycles. The number of hydrogen-bond donors (Lipinski definition) is 0. The van der Waals surface area contributed by atoms with E-state index in [1.165, 1.54) is 51.4 Å². The van der Waals surface area contributed by atoms with Gasteiger partial charge in [0.05, 0.1) is 0 Å². The van der Waals surface area contributed by atoms with Gasteiger partial charge in [-0.2, -0.15) is 0 Å². The molecule has 3 nitrogen and oxygen atoms in total. The zero-order valence-corrected chi connectivity index (χ0v) is 15.3. The van der Waals surface area contributed by atoms with Crippen LogP contribution in [0.3, 0.4) is 0 Å². The van der Waals surface area contributed by atoms with Crippen molar-refractivity contribution >= 4 is 5.91 Å². The van der Waals surface area contributed by atoms with Gasteiger partial charge in [-0.3, -0.25) is 9.36 Å². The van der Waals surface area contributed by atoms with Crippen molar-refractivity contribution < 1.29 is 4.79 Å². The Balaban J connectivity index is 1.85. The van der Waals surface area contributed by atoms with Crippen LogP contribution >= 0.6 is 0 Å². The van der Waals surface area contributed by atoms with E-state index in [1.54, 1.807) is 23.3 Å². The Morgan fingerprint density at radius 3 is 2.25 bits per heavy atom. The van der Waals surface area contributed by atoms with Gasteiger partial charge in [-0.05, 0) is 38.5 Å². The first kappa shape index (κ1) is 20.4. The summed E-state index contributed by atoms with van der Waals surface area (Å²) in [5.74, 6) is 0.151. The van der Waals surface area contributed by atoms with E-state index in [1.807, 2.05) is 0 Å². The van der Waals surface area contributed by atoms with E-state index in [0.29, 0.717) is 6.42 Å². The lowest BCUT2D eigenvalue weighted by Crippen LogP contribution is -2.07. The molecule has 0 aromatic carbocycles. The lowest BCUT2D eigenvalue weighted by Gasteiger charge is -2.01. The van der Waals surface area contributed by atoms with Crippen LogP contribution in [0.4, 0.5) is 0 Å². The van der Waals surface area contributed by atoms with Gasteiger partial charge in [-0.15, -0.1) is 0 Å². The average Bonchev–Trinajstić information content (AvgIpc) is 3.13. The molecule has 0 saturated heterocycles. The van der Waals surface area contributed by atoms with Gasteiger partial charge in [0, 0.05) is 18.8 Å². The summed E-state index contributed by atoms with van der Waals surface area (Å²) in [7, 11) is 0. The molecule has 134 valence electrons. The van der Waals surface area contributed by atoms with Crippen molar-refractivity contribution in [1.82, 2.24) is 9.55 Å². The van der Waals surface area contributed by atoms with Crippen molar-refractivity contribution in [2.45, 2.75) is 84.0 Å². The number of rotatable bonds is 14. The van der Waals surface area contributed by atoms with Gasteiger partial charge < -0.3 is 0 Å². The van der Waals surface area contributed by atoms with E-state index in [2.05, 4.69) is 36.2 Å².